The average molecular weight is 713 g/mol. The van der Waals surface area contributed by atoms with E-state index in [0.29, 0.717) is 5.56 Å². The number of nitrogens with one attached hydrogen (secondary N) is 2. The second-order valence-electron chi connectivity index (χ2n) is 10.5. The fraction of sp³-hybridized carbons (Fsp3) is 0.200. The number of aryl methyl sites for hydroxylation is 3. The van der Waals surface area contributed by atoms with Gasteiger partial charge in [-0.1, -0.05) is 12.1 Å². The Morgan fingerprint density at radius 1 is 0.653 bits per heavy atom. The van der Waals surface area contributed by atoms with Crippen LogP contribution < -0.4 is 16.4 Å². The number of non-ortho nitro benzene ring substituents is 2. The average Bonchev–Trinajstić information content (AvgIpc) is 3.05. The highest BCUT2D eigenvalue weighted by Gasteiger charge is 2.08. The minimum atomic E-state index is -0.549. The van der Waals surface area contributed by atoms with Crippen LogP contribution in [0.3, 0.4) is 0 Å². The minimum Gasteiger partial charge on any atom is -0.399 e. The first kappa shape index (κ1) is 41.7. The maximum atomic E-state index is 12.5. The largest absolute Gasteiger partial charge is 0.399 e. The molecule has 0 aliphatic heterocycles. The lowest BCUT2D eigenvalue weighted by atomic mass is 10.1. The lowest BCUT2D eigenvalue weighted by Crippen LogP contribution is -2.07. The number of nitrogens with zero attached hydrogens (tertiary/aromatic N) is 4. The molecule has 0 spiro atoms. The molecule has 5 aromatic rings. The van der Waals surface area contributed by atoms with Crippen LogP contribution in [0, 0.1) is 46.8 Å². The van der Waals surface area contributed by atoms with Crippen molar-refractivity contribution < 1.29 is 14.2 Å². The molecular weight excluding hydrogens is 672 g/mol. The molecule has 0 aliphatic carbocycles. The molecule has 0 saturated heterocycles. The highest BCUT2D eigenvalue weighted by Crippen LogP contribution is 2.21. The number of nitrogens with two attached hydrogens (primary N) is 1. The molecule has 2 heterocycles. The highest BCUT2D eigenvalue weighted by atomic mass is 35.5. The molecule has 49 heavy (non-hydrogen) atoms. The van der Waals surface area contributed by atoms with Crippen LogP contribution in [0.15, 0.2) is 103 Å². The van der Waals surface area contributed by atoms with Gasteiger partial charge in [0, 0.05) is 91.0 Å². The number of pyridine rings is 2. The van der Waals surface area contributed by atoms with Gasteiger partial charge in [0.1, 0.15) is 5.82 Å². The van der Waals surface area contributed by atoms with Crippen LogP contribution in [0.25, 0.3) is 0 Å². The summed E-state index contributed by atoms with van der Waals surface area (Å²) in [4.78, 5) is 28.4. The van der Waals surface area contributed by atoms with Crippen molar-refractivity contribution in [2.75, 3.05) is 29.5 Å². The van der Waals surface area contributed by atoms with Gasteiger partial charge in [-0.15, -0.1) is 24.8 Å². The first-order chi connectivity index (χ1) is 22.5. The zero-order chi connectivity index (χ0) is 34.2. The van der Waals surface area contributed by atoms with E-state index in [1.165, 1.54) is 24.6 Å². The fourth-order valence-corrected chi connectivity index (χ4v) is 4.33. The van der Waals surface area contributed by atoms with Crippen LogP contribution in [0.2, 0.25) is 0 Å². The first-order valence-corrected chi connectivity index (χ1v) is 14.8. The molecule has 0 unspecified atom stereocenters. The molecule has 0 atom stereocenters. The van der Waals surface area contributed by atoms with Gasteiger partial charge in [0.05, 0.1) is 9.85 Å². The van der Waals surface area contributed by atoms with E-state index >= 15 is 0 Å². The molecule has 0 saturated carbocycles. The zero-order valence-electron chi connectivity index (χ0n) is 27.3. The summed E-state index contributed by atoms with van der Waals surface area (Å²) < 4.78 is 12.5. The minimum absolute atomic E-state index is 0. The van der Waals surface area contributed by atoms with Crippen LogP contribution in [0.1, 0.15) is 28.1 Å². The molecule has 14 heteroatoms. The number of hydrogen-bond acceptors (Lipinski definition) is 9. The summed E-state index contributed by atoms with van der Waals surface area (Å²) in [6.07, 6.45) is 5.33. The number of aromatic nitrogens is 2. The first-order valence-electron chi connectivity index (χ1n) is 14.8. The summed E-state index contributed by atoms with van der Waals surface area (Å²) in [6.45, 7) is 7.02. The third-order valence-corrected chi connectivity index (χ3v) is 6.87. The molecule has 4 N–H and O–H groups in total. The van der Waals surface area contributed by atoms with E-state index in [2.05, 4.69) is 27.5 Å². The molecule has 5 rings (SSSR count). The number of nitrogen functional groups attached to an aromatic ring is 1. The fourth-order valence-electron chi connectivity index (χ4n) is 4.33. The molecule has 260 valence electrons. The van der Waals surface area contributed by atoms with Gasteiger partial charge in [-0.3, -0.25) is 30.2 Å². The van der Waals surface area contributed by atoms with E-state index in [-0.39, 0.29) is 41.1 Å². The van der Waals surface area contributed by atoms with Gasteiger partial charge in [0.2, 0.25) is 0 Å². The molecule has 2 aromatic heterocycles. The topological polar surface area (TPSA) is 162 Å². The Morgan fingerprint density at radius 2 is 1.10 bits per heavy atom. The van der Waals surface area contributed by atoms with Gasteiger partial charge < -0.3 is 16.4 Å². The number of nitro groups is 2. The van der Waals surface area contributed by atoms with E-state index in [1.54, 1.807) is 18.3 Å². The van der Waals surface area contributed by atoms with Crippen molar-refractivity contribution in [2.45, 2.75) is 33.6 Å². The number of halogens is 3. The lowest BCUT2D eigenvalue weighted by molar-refractivity contribution is -0.385. The molecule has 11 nitrogen and oxygen atoms in total. The van der Waals surface area contributed by atoms with Gasteiger partial charge in [0.25, 0.3) is 11.4 Å². The second-order valence-corrected chi connectivity index (χ2v) is 10.5. The van der Waals surface area contributed by atoms with Crippen LogP contribution in [0.5, 0.6) is 0 Å². The van der Waals surface area contributed by atoms with Crippen molar-refractivity contribution in [3.63, 3.8) is 0 Å². The SMILES string of the molecule is Cc1cc(N)ccc1NCCc1ccccn1.Cc1cc([N+](=O)[O-])ccc1F.Cc1cc([N+](=O)[O-])ccc1NCCc1ccccn1.Cl.Cl. The second kappa shape index (κ2) is 21.5. The van der Waals surface area contributed by atoms with Crippen molar-refractivity contribution in [1.82, 2.24) is 9.97 Å². The van der Waals surface area contributed by atoms with Gasteiger partial charge in [-0.25, -0.2) is 4.39 Å². The van der Waals surface area contributed by atoms with Crippen LogP contribution >= 0.6 is 24.8 Å². The van der Waals surface area contributed by atoms with Crippen molar-refractivity contribution in [3.8, 4) is 0 Å². The molecule has 0 bridgehead atoms. The molecule has 3 aromatic carbocycles. The Labute approximate surface area is 297 Å². The highest BCUT2D eigenvalue weighted by molar-refractivity contribution is 5.85. The summed E-state index contributed by atoms with van der Waals surface area (Å²) in [5, 5.41) is 27.4. The Kier molecular flexibility index (Phi) is 18.3. The summed E-state index contributed by atoms with van der Waals surface area (Å²) >= 11 is 0. The zero-order valence-corrected chi connectivity index (χ0v) is 29.0. The summed E-state index contributed by atoms with van der Waals surface area (Å²) in [6, 6.07) is 26.0. The molecular formula is C35H40Cl2FN7O4. The Balaban J connectivity index is 0.000000372. The number of hydrogen-bond donors (Lipinski definition) is 3. The van der Waals surface area contributed by atoms with E-state index in [1.807, 2.05) is 67.7 Å². The number of anilines is 3. The number of benzene rings is 3. The summed E-state index contributed by atoms with van der Waals surface area (Å²) in [5.41, 5.74) is 13.1. The predicted molar refractivity (Wildman–Crippen MR) is 199 cm³/mol. The van der Waals surface area contributed by atoms with Crippen LogP contribution in [-0.4, -0.2) is 32.9 Å². The maximum absolute atomic E-state index is 12.5. The van der Waals surface area contributed by atoms with Crippen molar-refractivity contribution >= 4 is 53.3 Å². The third kappa shape index (κ3) is 14.5. The van der Waals surface area contributed by atoms with Crippen LogP contribution in [0.4, 0.5) is 32.8 Å². The summed E-state index contributed by atoms with van der Waals surface area (Å²) in [5.74, 6) is -0.421. The van der Waals surface area contributed by atoms with Gasteiger partial charge in [0.15, 0.2) is 0 Å². The van der Waals surface area contributed by atoms with Crippen molar-refractivity contribution in [1.29, 1.82) is 0 Å². The van der Waals surface area contributed by atoms with Crippen molar-refractivity contribution in [2.24, 2.45) is 0 Å². The standard InChI is InChI=1S/C14H15N3O2.C14H17N3.C7H6FNO2.2ClH/c1-11-10-13(17(18)19)5-6-14(11)16-9-7-12-4-2-3-8-15-12;1-11-10-12(15)5-6-14(11)17-9-7-13-4-2-3-8-16-13;1-5-4-6(9(10)11)2-3-7(5)8;;/h2-6,8,10,16H,7,9H2,1H3;2-6,8,10,17H,7,9,15H2,1H3;2-4H,1H3;2*1H. The maximum Gasteiger partial charge on any atom is 0.269 e. The van der Waals surface area contributed by atoms with E-state index in [0.717, 1.165) is 72.1 Å². The summed E-state index contributed by atoms with van der Waals surface area (Å²) in [7, 11) is 0. The van der Waals surface area contributed by atoms with Crippen molar-refractivity contribution in [3.05, 3.63) is 158 Å². The predicted octanol–water partition coefficient (Wildman–Crippen LogP) is 8.47. The smallest absolute Gasteiger partial charge is 0.269 e. The Hall–Kier alpha value is -5.33. The Morgan fingerprint density at radius 3 is 1.51 bits per heavy atom. The quantitative estimate of drug-likeness (QED) is 0.0733. The Bertz CT molecular complexity index is 1770. The molecule has 0 fully saturated rings. The molecule has 0 aliphatic rings. The molecule has 0 radical (unpaired) electrons. The van der Waals surface area contributed by atoms with E-state index < -0.39 is 10.7 Å². The molecule has 0 amide bonds. The normalized spacial score (nSPS) is 9.63. The third-order valence-electron chi connectivity index (χ3n) is 6.87. The van der Waals surface area contributed by atoms with E-state index in [4.69, 9.17) is 5.73 Å². The van der Waals surface area contributed by atoms with E-state index in [9.17, 15) is 24.6 Å². The van der Waals surface area contributed by atoms with Crippen LogP contribution in [-0.2, 0) is 12.8 Å². The van der Waals surface area contributed by atoms with Gasteiger partial charge in [-0.2, -0.15) is 0 Å². The number of rotatable bonds is 10. The van der Waals surface area contributed by atoms with Gasteiger partial charge >= 0.3 is 0 Å². The number of nitro benzene ring substituents is 2. The van der Waals surface area contributed by atoms with Gasteiger partial charge in [-0.05, 0) is 92.1 Å². The monoisotopic (exact) mass is 711 g/mol. The lowest BCUT2D eigenvalue weighted by Gasteiger charge is -2.09.